The van der Waals surface area contributed by atoms with Crippen molar-refractivity contribution in [2.24, 2.45) is 0 Å². The molecule has 0 bridgehead atoms. The number of rotatable bonds is 6. The van der Waals surface area contributed by atoms with Crippen LogP contribution in [-0.4, -0.2) is 49.6 Å². The normalized spacial score (nSPS) is 13.7. The van der Waals surface area contributed by atoms with E-state index in [1.807, 2.05) is 32.0 Å². The molecule has 3 aromatic carbocycles. The maximum absolute atomic E-state index is 13.1. The summed E-state index contributed by atoms with van der Waals surface area (Å²) in [6.45, 7) is 7.69. The van der Waals surface area contributed by atoms with Crippen LogP contribution in [-0.2, 0) is 10.0 Å². The minimum Gasteiger partial charge on any atom is -0.465 e. The van der Waals surface area contributed by atoms with Gasteiger partial charge in [0.15, 0.2) is 0 Å². The minimum absolute atomic E-state index is 0.166. The van der Waals surface area contributed by atoms with Gasteiger partial charge in [-0.2, -0.15) is 0 Å². The Bertz CT molecular complexity index is 1490. The lowest BCUT2D eigenvalue weighted by atomic mass is 9.94. The van der Waals surface area contributed by atoms with Gasteiger partial charge in [0.25, 0.3) is 15.9 Å². The van der Waals surface area contributed by atoms with Gasteiger partial charge in [-0.25, -0.2) is 13.2 Å². The summed E-state index contributed by atoms with van der Waals surface area (Å²) in [7, 11) is -3.84. The predicted molar refractivity (Wildman–Crippen MR) is 144 cm³/mol. The lowest BCUT2D eigenvalue weighted by molar-refractivity contribution is 0.0767. The predicted octanol–water partition coefficient (Wildman–Crippen LogP) is 5.13. The number of nitrogens with one attached hydrogen (secondary N) is 2. The highest BCUT2D eigenvalue weighted by Crippen LogP contribution is 2.30. The molecule has 194 valence electrons. The van der Waals surface area contributed by atoms with Gasteiger partial charge in [-0.15, -0.1) is 0 Å². The summed E-state index contributed by atoms with van der Waals surface area (Å²) in [5, 5.41) is 12.4. The highest BCUT2D eigenvalue weighted by molar-refractivity contribution is 7.92. The molecular weight excluding hydrogens is 514 g/mol. The van der Waals surface area contributed by atoms with Crippen molar-refractivity contribution in [2.75, 3.05) is 17.8 Å². The molecule has 0 aromatic heterocycles. The van der Waals surface area contributed by atoms with Crippen molar-refractivity contribution in [1.82, 2.24) is 10.2 Å². The van der Waals surface area contributed by atoms with Crippen LogP contribution in [0.5, 0.6) is 0 Å². The topological polar surface area (TPSA) is 116 Å². The minimum atomic E-state index is -3.84. The number of amides is 2. The quantitative estimate of drug-likeness (QED) is 0.400. The SMILES string of the molecule is Cc1cc(S(=O)(=O)Nc2cccc(-c3cc(C)c(C(=O)NC4CN(C(=O)O)C4)c(C)c3)c2)c(C)cc1Cl. The number of hydrogen-bond donors (Lipinski definition) is 3. The fourth-order valence-electron chi connectivity index (χ4n) is 4.49. The first kappa shape index (κ1) is 26.5. The third-order valence-corrected chi connectivity index (χ3v) is 8.37. The molecule has 0 aliphatic carbocycles. The maximum atomic E-state index is 13.1. The van der Waals surface area contributed by atoms with E-state index in [0.717, 1.165) is 22.3 Å². The van der Waals surface area contributed by atoms with Gasteiger partial charge in [0.1, 0.15) is 0 Å². The number of nitrogens with zero attached hydrogens (tertiary/aromatic N) is 1. The molecule has 3 N–H and O–H groups in total. The third-order valence-electron chi connectivity index (χ3n) is 6.44. The van der Waals surface area contributed by atoms with Crippen molar-refractivity contribution >= 4 is 39.3 Å². The summed E-state index contributed by atoms with van der Waals surface area (Å²) < 4.78 is 28.9. The Morgan fingerprint density at radius 2 is 1.57 bits per heavy atom. The molecular formula is C27H28ClN3O5S. The van der Waals surface area contributed by atoms with E-state index in [1.54, 1.807) is 44.2 Å². The number of benzene rings is 3. The third kappa shape index (κ3) is 5.57. The second-order valence-corrected chi connectivity index (χ2v) is 11.5. The second kappa shape index (κ2) is 10.1. The zero-order valence-corrected chi connectivity index (χ0v) is 22.5. The van der Waals surface area contributed by atoms with Gasteiger partial charge in [0, 0.05) is 29.4 Å². The van der Waals surface area contributed by atoms with E-state index in [4.69, 9.17) is 16.7 Å². The van der Waals surface area contributed by atoms with Gasteiger partial charge in [-0.05, 0) is 85.3 Å². The highest BCUT2D eigenvalue weighted by atomic mass is 35.5. The van der Waals surface area contributed by atoms with Crippen LogP contribution in [0.4, 0.5) is 10.5 Å². The molecule has 1 saturated heterocycles. The number of halogens is 1. The summed E-state index contributed by atoms with van der Waals surface area (Å²) in [5.41, 5.74) is 5.34. The molecule has 1 aliphatic rings. The first-order chi connectivity index (χ1) is 17.4. The van der Waals surface area contributed by atoms with Gasteiger partial charge < -0.3 is 15.3 Å². The summed E-state index contributed by atoms with van der Waals surface area (Å²) in [5.74, 6) is -0.244. The zero-order chi connectivity index (χ0) is 27.1. The maximum Gasteiger partial charge on any atom is 0.407 e. The number of aryl methyl sites for hydroxylation is 4. The number of carbonyl (C=O) groups excluding carboxylic acids is 1. The number of anilines is 1. The smallest absolute Gasteiger partial charge is 0.407 e. The molecule has 1 heterocycles. The van der Waals surface area contributed by atoms with Crippen molar-refractivity contribution in [3.63, 3.8) is 0 Å². The van der Waals surface area contributed by atoms with E-state index in [1.165, 1.54) is 4.90 Å². The zero-order valence-electron chi connectivity index (χ0n) is 20.9. The Morgan fingerprint density at radius 1 is 0.919 bits per heavy atom. The molecule has 10 heteroatoms. The Kier molecular flexibility index (Phi) is 7.21. The fourth-order valence-corrected chi connectivity index (χ4v) is 6.07. The van der Waals surface area contributed by atoms with Crippen molar-refractivity contribution in [3.05, 3.63) is 81.4 Å². The Morgan fingerprint density at radius 3 is 2.19 bits per heavy atom. The average Bonchev–Trinajstić information content (AvgIpc) is 2.77. The monoisotopic (exact) mass is 541 g/mol. The second-order valence-electron chi connectivity index (χ2n) is 9.40. The van der Waals surface area contributed by atoms with Crippen LogP contribution in [0, 0.1) is 27.7 Å². The lowest BCUT2D eigenvalue weighted by Crippen LogP contribution is -2.60. The average molecular weight is 542 g/mol. The van der Waals surface area contributed by atoms with Crippen molar-refractivity contribution < 1.29 is 23.1 Å². The number of carboxylic acid groups (broad SMARTS) is 1. The van der Waals surface area contributed by atoms with Gasteiger partial charge in [-0.3, -0.25) is 9.52 Å². The number of hydrogen-bond acceptors (Lipinski definition) is 4. The van der Waals surface area contributed by atoms with Crippen molar-refractivity contribution in [2.45, 2.75) is 38.6 Å². The van der Waals surface area contributed by atoms with Gasteiger partial charge in [0.05, 0.1) is 10.9 Å². The van der Waals surface area contributed by atoms with E-state index < -0.39 is 16.1 Å². The molecule has 2 amide bonds. The van der Waals surface area contributed by atoms with E-state index in [-0.39, 0.29) is 29.9 Å². The molecule has 37 heavy (non-hydrogen) atoms. The van der Waals surface area contributed by atoms with Crippen LogP contribution < -0.4 is 10.0 Å². The molecule has 1 aliphatic heterocycles. The van der Waals surface area contributed by atoms with E-state index in [2.05, 4.69) is 10.0 Å². The first-order valence-electron chi connectivity index (χ1n) is 11.7. The van der Waals surface area contributed by atoms with Gasteiger partial charge >= 0.3 is 6.09 Å². The van der Waals surface area contributed by atoms with E-state index in [0.29, 0.717) is 27.4 Å². The molecule has 8 nitrogen and oxygen atoms in total. The van der Waals surface area contributed by atoms with Crippen molar-refractivity contribution in [3.8, 4) is 11.1 Å². The van der Waals surface area contributed by atoms with Crippen LogP contribution in [0.15, 0.2) is 53.4 Å². The van der Waals surface area contributed by atoms with Crippen LogP contribution in [0.2, 0.25) is 5.02 Å². The van der Waals surface area contributed by atoms with Crippen molar-refractivity contribution in [1.29, 1.82) is 0 Å². The van der Waals surface area contributed by atoms with Crippen LogP contribution >= 0.6 is 11.6 Å². The Hall–Kier alpha value is -3.56. The molecule has 0 saturated carbocycles. The van der Waals surface area contributed by atoms with Crippen LogP contribution in [0.1, 0.15) is 32.6 Å². The summed E-state index contributed by atoms with van der Waals surface area (Å²) in [6, 6.07) is 13.8. The van der Waals surface area contributed by atoms with E-state index in [9.17, 15) is 18.0 Å². The largest absolute Gasteiger partial charge is 0.465 e. The van der Waals surface area contributed by atoms with Crippen LogP contribution in [0.3, 0.4) is 0 Å². The molecule has 1 fully saturated rings. The van der Waals surface area contributed by atoms with Gasteiger partial charge in [-0.1, -0.05) is 35.9 Å². The number of sulfonamides is 1. The van der Waals surface area contributed by atoms with E-state index >= 15 is 0 Å². The Labute approximate surface area is 221 Å². The summed E-state index contributed by atoms with van der Waals surface area (Å²) >= 11 is 6.13. The Balaban J connectivity index is 1.55. The molecule has 0 atom stereocenters. The molecule has 0 unspecified atom stereocenters. The summed E-state index contributed by atoms with van der Waals surface area (Å²) in [4.78, 5) is 25.2. The standard InChI is InChI=1S/C27H28ClN3O5S/c1-15-11-24(16(2)10-23(15)28)37(35,36)30-21-7-5-6-19(12-21)20-8-17(3)25(18(4)9-20)26(32)29-22-13-31(14-22)27(33)34/h5-12,22,30H,13-14H2,1-4H3,(H,29,32)(H,33,34). The molecule has 0 radical (unpaired) electrons. The molecule has 0 spiro atoms. The molecule has 4 rings (SSSR count). The van der Waals surface area contributed by atoms with Crippen LogP contribution in [0.25, 0.3) is 11.1 Å². The highest BCUT2D eigenvalue weighted by Gasteiger charge is 2.32. The number of carbonyl (C=O) groups is 2. The lowest BCUT2D eigenvalue weighted by Gasteiger charge is -2.37. The van der Waals surface area contributed by atoms with Gasteiger partial charge in [0.2, 0.25) is 0 Å². The number of likely N-dealkylation sites (tertiary alicyclic amines) is 1. The molecule has 3 aromatic rings. The fraction of sp³-hybridized carbons (Fsp3) is 0.259. The first-order valence-corrected chi connectivity index (χ1v) is 13.5. The summed E-state index contributed by atoms with van der Waals surface area (Å²) in [6.07, 6.45) is -0.995.